The summed E-state index contributed by atoms with van der Waals surface area (Å²) in [5.41, 5.74) is 7.71. The van der Waals surface area contributed by atoms with E-state index < -0.39 is 17.4 Å². The third-order valence-corrected chi connectivity index (χ3v) is 5.92. The SMILES string of the molecule is CCOC(=O)C1=C(N)n2c(sc(=Cc3ccncc3)c2=O)=C(C#N)C1c1ccncc1. The van der Waals surface area contributed by atoms with Crippen LogP contribution >= 0.6 is 11.3 Å². The van der Waals surface area contributed by atoms with Crippen LogP contribution in [0.4, 0.5) is 0 Å². The summed E-state index contributed by atoms with van der Waals surface area (Å²) in [7, 11) is 0. The molecule has 4 heterocycles. The molecular formula is C22H17N5O3S. The average molecular weight is 431 g/mol. The smallest absolute Gasteiger partial charge is 0.338 e. The molecule has 0 aromatic carbocycles. The largest absolute Gasteiger partial charge is 0.463 e. The van der Waals surface area contributed by atoms with Crippen molar-refractivity contribution in [2.45, 2.75) is 12.8 Å². The molecule has 0 fully saturated rings. The summed E-state index contributed by atoms with van der Waals surface area (Å²) in [6.07, 6.45) is 8.09. The average Bonchev–Trinajstić information content (AvgIpc) is 3.11. The first kappa shape index (κ1) is 20.3. The number of rotatable bonds is 4. The molecule has 9 heteroatoms. The van der Waals surface area contributed by atoms with E-state index in [9.17, 15) is 14.9 Å². The number of pyridine rings is 2. The van der Waals surface area contributed by atoms with Crippen LogP contribution in [0.3, 0.4) is 0 Å². The van der Waals surface area contributed by atoms with Crippen LogP contribution in [0.2, 0.25) is 0 Å². The van der Waals surface area contributed by atoms with Gasteiger partial charge in [0.25, 0.3) is 5.56 Å². The molecule has 0 aliphatic carbocycles. The van der Waals surface area contributed by atoms with Crippen molar-refractivity contribution in [3.8, 4) is 6.07 Å². The maximum Gasteiger partial charge on any atom is 0.338 e. The topological polar surface area (TPSA) is 124 Å². The van der Waals surface area contributed by atoms with Crippen LogP contribution in [0.1, 0.15) is 24.0 Å². The lowest BCUT2D eigenvalue weighted by molar-refractivity contribution is -0.138. The van der Waals surface area contributed by atoms with E-state index >= 15 is 0 Å². The van der Waals surface area contributed by atoms with Gasteiger partial charge in [0.1, 0.15) is 10.5 Å². The third-order valence-electron chi connectivity index (χ3n) is 4.81. The number of thiazole rings is 1. The predicted octanol–water partition coefficient (Wildman–Crippen LogP) is 0.691. The van der Waals surface area contributed by atoms with Crippen LogP contribution in [0.5, 0.6) is 0 Å². The number of aromatic nitrogens is 3. The Morgan fingerprint density at radius 2 is 1.90 bits per heavy atom. The van der Waals surface area contributed by atoms with Crippen LogP contribution < -0.4 is 20.5 Å². The Morgan fingerprint density at radius 3 is 2.52 bits per heavy atom. The van der Waals surface area contributed by atoms with Gasteiger partial charge >= 0.3 is 5.97 Å². The Morgan fingerprint density at radius 1 is 1.26 bits per heavy atom. The van der Waals surface area contributed by atoms with Gasteiger partial charge in [0.2, 0.25) is 0 Å². The first-order valence-electron chi connectivity index (χ1n) is 9.41. The van der Waals surface area contributed by atoms with Crippen molar-refractivity contribution in [1.82, 2.24) is 14.5 Å². The fourth-order valence-electron chi connectivity index (χ4n) is 3.46. The van der Waals surface area contributed by atoms with Crippen LogP contribution in [0.15, 0.2) is 59.4 Å². The molecule has 1 atom stereocenters. The van der Waals surface area contributed by atoms with E-state index in [0.717, 1.165) is 16.9 Å². The summed E-state index contributed by atoms with van der Waals surface area (Å²) in [5, 5.41) is 10.0. The fourth-order valence-corrected chi connectivity index (χ4v) is 4.59. The second-order valence-electron chi connectivity index (χ2n) is 6.60. The Balaban J connectivity index is 2.07. The monoisotopic (exact) mass is 431 g/mol. The molecule has 1 aliphatic heterocycles. The summed E-state index contributed by atoms with van der Waals surface area (Å²) in [6, 6.07) is 9.13. The van der Waals surface area contributed by atoms with E-state index in [4.69, 9.17) is 10.5 Å². The molecule has 0 spiro atoms. The van der Waals surface area contributed by atoms with Gasteiger partial charge in [0.15, 0.2) is 0 Å². The first-order valence-corrected chi connectivity index (χ1v) is 10.2. The molecule has 0 saturated carbocycles. The molecule has 31 heavy (non-hydrogen) atoms. The lowest BCUT2D eigenvalue weighted by Gasteiger charge is -2.24. The van der Waals surface area contributed by atoms with Gasteiger partial charge in [-0.25, -0.2) is 4.79 Å². The van der Waals surface area contributed by atoms with Gasteiger partial charge in [-0.15, -0.1) is 11.3 Å². The van der Waals surface area contributed by atoms with Crippen LogP contribution in [0, 0.1) is 11.3 Å². The highest BCUT2D eigenvalue weighted by Crippen LogP contribution is 2.36. The highest BCUT2D eigenvalue weighted by Gasteiger charge is 2.36. The number of nitrogens with zero attached hydrogens (tertiary/aromatic N) is 4. The van der Waals surface area contributed by atoms with Gasteiger partial charge in [-0.3, -0.25) is 19.3 Å². The molecule has 2 N–H and O–H groups in total. The molecule has 0 saturated heterocycles. The van der Waals surface area contributed by atoms with E-state index in [1.165, 1.54) is 4.57 Å². The molecule has 3 aromatic rings. The molecule has 0 bridgehead atoms. The zero-order chi connectivity index (χ0) is 22.0. The number of carbonyl (C=O) groups excluding carboxylic acids is 1. The number of hydrogen-bond donors (Lipinski definition) is 1. The number of esters is 1. The molecule has 154 valence electrons. The Kier molecular flexibility index (Phi) is 5.47. The highest BCUT2D eigenvalue weighted by atomic mass is 32.1. The second-order valence-corrected chi connectivity index (χ2v) is 7.63. The van der Waals surface area contributed by atoms with Gasteiger partial charge in [-0.1, -0.05) is 0 Å². The van der Waals surface area contributed by atoms with E-state index in [-0.39, 0.29) is 23.6 Å². The van der Waals surface area contributed by atoms with Gasteiger partial charge < -0.3 is 10.5 Å². The summed E-state index contributed by atoms with van der Waals surface area (Å²) in [4.78, 5) is 34.0. The third kappa shape index (κ3) is 3.53. The zero-order valence-corrected chi connectivity index (χ0v) is 17.3. The number of hydrogen-bond acceptors (Lipinski definition) is 8. The summed E-state index contributed by atoms with van der Waals surface area (Å²) in [6.45, 7) is 1.81. The number of nitrogens with two attached hydrogens (primary N) is 1. The van der Waals surface area contributed by atoms with Crippen LogP contribution in [-0.2, 0) is 9.53 Å². The quantitative estimate of drug-likeness (QED) is 0.603. The molecule has 8 nitrogen and oxygen atoms in total. The molecular weight excluding hydrogens is 414 g/mol. The molecule has 4 rings (SSSR count). The van der Waals surface area contributed by atoms with Crippen molar-refractivity contribution in [1.29, 1.82) is 5.26 Å². The first-order chi connectivity index (χ1) is 15.1. The molecule has 3 aromatic heterocycles. The standard InChI is InChI=1S/C22H17N5O3S/c1-2-30-22(29)18-17(14-5-9-26-10-6-14)15(12-23)21-27(19(18)24)20(28)16(31-21)11-13-3-7-25-8-4-13/h3-11,17H,2,24H2,1H3. The molecule has 0 radical (unpaired) electrons. The molecule has 1 unspecified atom stereocenters. The minimum absolute atomic E-state index is 0.0371. The van der Waals surface area contributed by atoms with Crippen molar-refractivity contribution in [3.05, 3.63) is 85.3 Å². The minimum atomic E-state index is -0.765. The normalized spacial score (nSPS) is 16.1. The fraction of sp³-hybridized carbons (Fsp3) is 0.136. The Labute approximate surface area is 180 Å². The van der Waals surface area contributed by atoms with Crippen LogP contribution in [0.25, 0.3) is 17.5 Å². The number of nitriles is 1. The Bertz CT molecular complexity index is 1400. The summed E-state index contributed by atoms with van der Waals surface area (Å²) in [5.74, 6) is -1.47. The van der Waals surface area contributed by atoms with Gasteiger partial charge in [0.05, 0.1) is 34.3 Å². The van der Waals surface area contributed by atoms with E-state index in [2.05, 4.69) is 16.0 Å². The number of fused-ring (bicyclic) bond motifs is 1. The van der Waals surface area contributed by atoms with E-state index in [1.807, 2.05) is 0 Å². The van der Waals surface area contributed by atoms with Crippen molar-refractivity contribution in [2.75, 3.05) is 6.61 Å². The second kappa shape index (κ2) is 8.38. The van der Waals surface area contributed by atoms with Gasteiger partial charge in [0, 0.05) is 24.8 Å². The number of carbonyl (C=O) groups is 1. The van der Waals surface area contributed by atoms with Crippen LogP contribution in [-0.4, -0.2) is 27.1 Å². The Hall–Kier alpha value is -4.03. The van der Waals surface area contributed by atoms with Crippen molar-refractivity contribution < 1.29 is 9.53 Å². The van der Waals surface area contributed by atoms with Gasteiger partial charge in [-0.05, 0) is 48.4 Å². The van der Waals surface area contributed by atoms with Gasteiger partial charge in [-0.2, -0.15) is 5.26 Å². The molecule has 1 aliphatic rings. The maximum absolute atomic E-state index is 13.2. The maximum atomic E-state index is 13.2. The lowest BCUT2D eigenvalue weighted by Crippen LogP contribution is -2.40. The molecule has 0 amide bonds. The van der Waals surface area contributed by atoms with Crippen molar-refractivity contribution in [3.63, 3.8) is 0 Å². The summed E-state index contributed by atoms with van der Waals surface area (Å²) >= 11 is 1.15. The van der Waals surface area contributed by atoms with E-state index in [0.29, 0.717) is 14.8 Å². The highest BCUT2D eigenvalue weighted by molar-refractivity contribution is 7.07. The minimum Gasteiger partial charge on any atom is -0.463 e. The van der Waals surface area contributed by atoms with E-state index in [1.54, 1.807) is 62.1 Å². The number of ether oxygens (including phenoxy) is 1. The zero-order valence-electron chi connectivity index (χ0n) is 16.5. The van der Waals surface area contributed by atoms with Crippen molar-refractivity contribution >= 4 is 34.8 Å². The van der Waals surface area contributed by atoms with Crippen molar-refractivity contribution in [2.24, 2.45) is 5.73 Å². The predicted molar refractivity (Wildman–Crippen MR) is 116 cm³/mol. The lowest BCUT2D eigenvalue weighted by atomic mass is 9.84. The summed E-state index contributed by atoms with van der Waals surface area (Å²) < 4.78 is 7.21.